The average molecular weight is 396 g/mol. The zero-order chi connectivity index (χ0) is 18.8. The first-order valence-electron chi connectivity index (χ1n) is 7.93. The molecule has 2 aromatic rings. The van der Waals surface area contributed by atoms with Gasteiger partial charge in [-0.1, -0.05) is 29.8 Å². The number of hydrogen-bond donors (Lipinski definition) is 3. The molecule has 0 heterocycles. The lowest BCUT2D eigenvalue weighted by Gasteiger charge is -2.08. The highest BCUT2D eigenvalue weighted by Gasteiger charge is 2.06. The van der Waals surface area contributed by atoms with Crippen LogP contribution in [0, 0.1) is 5.82 Å². The summed E-state index contributed by atoms with van der Waals surface area (Å²) in [6, 6.07) is 12.9. The number of thioether (sulfide) groups is 1. The molecule has 0 radical (unpaired) electrons. The van der Waals surface area contributed by atoms with Crippen LogP contribution in [0.5, 0.6) is 0 Å². The van der Waals surface area contributed by atoms with Crippen LogP contribution in [0.25, 0.3) is 0 Å². The molecule has 0 fully saturated rings. The summed E-state index contributed by atoms with van der Waals surface area (Å²) in [5.74, 6) is 0.617. The summed E-state index contributed by atoms with van der Waals surface area (Å²) >= 11 is 7.28. The van der Waals surface area contributed by atoms with E-state index in [1.54, 1.807) is 42.5 Å². The Bertz CT molecular complexity index is 743. The van der Waals surface area contributed by atoms with Gasteiger partial charge < -0.3 is 16.0 Å². The van der Waals surface area contributed by atoms with Gasteiger partial charge in [0.25, 0.3) is 0 Å². The van der Waals surface area contributed by atoms with E-state index in [1.165, 1.54) is 17.8 Å². The molecule has 0 aromatic heterocycles. The molecule has 3 amide bonds. The number of nitrogens with one attached hydrogen (secondary N) is 3. The van der Waals surface area contributed by atoms with E-state index < -0.39 is 6.03 Å². The van der Waals surface area contributed by atoms with Gasteiger partial charge >= 0.3 is 6.03 Å². The molecule has 0 spiro atoms. The number of rotatable bonds is 8. The minimum Gasteiger partial charge on any atom is -0.337 e. The fourth-order valence-electron chi connectivity index (χ4n) is 2.00. The average Bonchev–Trinajstić information content (AvgIpc) is 2.63. The Morgan fingerprint density at radius 1 is 1.04 bits per heavy atom. The van der Waals surface area contributed by atoms with Gasteiger partial charge in [-0.15, -0.1) is 0 Å². The summed E-state index contributed by atoms with van der Waals surface area (Å²) in [6.07, 6.45) is 0. The van der Waals surface area contributed by atoms with Crippen molar-refractivity contribution >= 4 is 41.0 Å². The second-order valence-electron chi connectivity index (χ2n) is 5.31. The Balaban J connectivity index is 1.56. The van der Waals surface area contributed by atoms with Crippen LogP contribution in [0.15, 0.2) is 48.5 Å². The van der Waals surface area contributed by atoms with Crippen molar-refractivity contribution in [1.82, 2.24) is 10.6 Å². The van der Waals surface area contributed by atoms with E-state index >= 15 is 0 Å². The summed E-state index contributed by atoms with van der Waals surface area (Å²) in [4.78, 5) is 23.4. The molecule has 2 aromatic carbocycles. The predicted molar refractivity (Wildman–Crippen MR) is 104 cm³/mol. The third-order valence-electron chi connectivity index (χ3n) is 3.28. The summed E-state index contributed by atoms with van der Waals surface area (Å²) in [6.45, 7) is 0.278. The molecule has 0 unspecified atom stereocenters. The number of amides is 3. The summed E-state index contributed by atoms with van der Waals surface area (Å²) in [5.41, 5.74) is 1.24. The molecule has 0 saturated heterocycles. The topological polar surface area (TPSA) is 70.2 Å². The normalized spacial score (nSPS) is 10.2. The van der Waals surface area contributed by atoms with Crippen molar-refractivity contribution in [2.75, 3.05) is 24.2 Å². The van der Waals surface area contributed by atoms with Gasteiger partial charge in [-0.05, 0) is 35.9 Å². The zero-order valence-electron chi connectivity index (χ0n) is 13.9. The Morgan fingerprint density at radius 3 is 2.50 bits per heavy atom. The molecule has 2 rings (SSSR count). The minimum atomic E-state index is -0.428. The first-order chi connectivity index (χ1) is 12.5. The highest BCUT2D eigenvalue weighted by atomic mass is 35.5. The van der Waals surface area contributed by atoms with E-state index in [0.29, 0.717) is 34.3 Å². The van der Waals surface area contributed by atoms with Gasteiger partial charge in [0.05, 0.1) is 6.54 Å². The molecule has 0 bridgehead atoms. The number of carbonyl (C=O) groups is 2. The van der Waals surface area contributed by atoms with E-state index in [9.17, 15) is 14.0 Å². The van der Waals surface area contributed by atoms with Crippen LogP contribution < -0.4 is 16.0 Å². The van der Waals surface area contributed by atoms with Crippen molar-refractivity contribution in [3.63, 3.8) is 0 Å². The maximum Gasteiger partial charge on any atom is 0.315 e. The molecule has 0 aliphatic carbocycles. The number of carbonyl (C=O) groups excluding carboxylic acids is 2. The van der Waals surface area contributed by atoms with Gasteiger partial charge in [0.2, 0.25) is 5.91 Å². The summed E-state index contributed by atoms with van der Waals surface area (Å²) in [7, 11) is 0. The number of benzene rings is 2. The first kappa shape index (κ1) is 20.1. The van der Waals surface area contributed by atoms with Crippen LogP contribution in [0.4, 0.5) is 14.9 Å². The molecule has 8 heteroatoms. The molecule has 0 saturated carbocycles. The van der Waals surface area contributed by atoms with Gasteiger partial charge in [-0.2, -0.15) is 11.8 Å². The quantitative estimate of drug-likeness (QED) is 0.597. The lowest BCUT2D eigenvalue weighted by molar-refractivity contribution is -0.115. The van der Waals surface area contributed by atoms with Crippen LogP contribution in [-0.2, 0) is 10.5 Å². The van der Waals surface area contributed by atoms with E-state index in [4.69, 9.17) is 11.6 Å². The molecule has 26 heavy (non-hydrogen) atoms. The SMILES string of the molecule is O=C(CNC(=O)NCCSCc1ccccc1F)Nc1ccc(Cl)cc1. The molecular weight excluding hydrogens is 377 g/mol. The lowest BCUT2D eigenvalue weighted by atomic mass is 10.2. The molecule has 5 nitrogen and oxygen atoms in total. The van der Waals surface area contributed by atoms with Crippen molar-refractivity contribution < 1.29 is 14.0 Å². The third-order valence-corrected chi connectivity index (χ3v) is 4.54. The van der Waals surface area contributed by atoms with Gasteiger partial charge in [0.1, 0.15) is 5.82 Å². The van der Waals surface area contributed by atoms with Gasteiger partial charge in [0.15, 0.2) is 0 Å². The van der Waals surface area contributed by atoms with Crippen LogP contribution in [0.3, 0.4) is 0 Å². The maximum absolute atomic E-state index is 13.4. The molecule has 138 valence electrons. The van der Waals surface area contributed by atoms with Crippen molar-refractivity contribution in [3.8, 4) is 0 Å². The van der Waals surface area contributed by atoms with E-state index in [1.807, 2.05) is 0 Å². The van der Waals surface area contributed by atoms with Gasteiger partial charge in [0, 0.05) is 28.8 Å². The molecule has 0 aliphatic heterocycles. The monoisotopic (exact) mass is 395 g/mol. The van der Waals surface area contributed by atoms with Crippen molar-refractivity contribution in [2.24, 2.45) is 0 Å². The summed E-state index contributed by atoms with van der Waals surface area (Å²) < 4.78 is 13.4. The Hall–Kier alpha value is -2.25. The third kappa shape index (κ3) is 7.33. The van der Waals surface area contributed by atoms with Crippen molar-refractivity contribution in [1.29, 1.82) is 0 Å². The highest BCUT2D eigenvalue weighted by Crippen LogP contribution is 2.15. The zero-order valence-corrected chi connectivity index (χ0v) is 15.5. The van der Waals surface area contributed by atoms with E-state index in [0.717, 1.165) is 0 Å². The fourth-order valence-corrected chi connectivity index (χ4v) is 2.97. The molecule has 3 N–H and O–H groups in total. The van der Waals surface area contributed by atoms with Crippen LogP contribution in [-0.4, -0.2) is 30.8 Å². The second kappa shape index (κ2) is 10.7. The van der Waals surface area contributed by atoms with Gasteiger partial charge in [-0.3, -0.25) is 4.79 Å². The number of anilines is 1. The number of halogens is 2. The van der Waals surface area contributed by atoms with Crippen molar-refractivity contribution in [2.45, 2.75) is 5.75 Å². The molecular formula is C18H19ClFN3O2S. The minimum absolute atomic E-state index is 0.142. The predicted octanol–water partition coefficient (Wildman–Crippen LogP) is 3.65. The van der Waals surface area contributed by atoms with Crippen LogP contribution >= 0.6 is 23.4 Å². The van der Waals surface area contributed by atoms with Crippen LogP contribution in [0.2, 0.25) is 5.02 Å². The Morgan fingerprint density at radius 2 is 1.77 bits per heavy atom. The van der Waals surface area contributed by atoms with E-state index in [-0.39, 0.29) is 18.3 Å². The first-order valence-corrected chi connectivity index (χ1v) is 9.46. The van der Waals surface area contributed by atoms with Crippen LogP contribution in [0.1, 0.15) is 5.56 Å². The standard InChI is InChI=1S/C18H19ClFN3O2S/c19-14-5-7-15(8-6-14)23-17(24)11-22-18(25)21-9-10-26-12-13-3-1-2-4-16(13)20/h1-8H,9-12H2,(H,23,24)(H2,21,22,25). The smallest absolute Gasteiger partial charge is 0.315 e. The van der Waals surface area contributed by atoms with E-state index in [2.05, 4.69) is 16.0 Å². The second-order valence-corrected chi connectivity index (χ2v) is 6.85. The van der Waals surface area contributed by atoms with Crippen molar-refractivity contribution in [3.05, 3.63) is 64.9 Å². The summed E-state index contributed by atoms with van der Waals surface area (Å²) in [5, 5.41) is 8.34. The van der Waals surface area contributed by atoms with Gasteiger partial charge in [-0.25, -0.2) is 9.18 Å². The Labute approximate surface area is 160 Å². The fraction of sp³-hybridized carbons (Fsp3) is 0.222. The number of urea groups is 1. The largest absolute Gasteiger partial charge is 0.337 e. The highest BCUT2D eigenvalue weighted by molar-refractivity contribution is 7.98. The Kier molecular flexibility index (Phi) is 8.24. The molecule has 0 atom stereocenters. The maximum atomic E-state index is 13.4. The number of hydrogen-bond acceptors (Lipinski definition) is 3. The lowest BCUT2D eigenvalue weighted by Crippen LogP contribution is -2.40. The molecule has 0 aliphatic rings.